The molecule has 1 fully saturated rings. The molecule has 1 heterocycles. The predicted molar refractivity (Wildman–Crippen MR) is 87.4 cm³/mol. The summed E-state index contributed by atoms with van der Waals surface area (Å²) in [5.74, 6) is 1.56. The monoisotopic (exact) mass is 277 g/mol. The topological polar surface area (TPSA) is 12.9 Å². The van der Waals surface area contributed by atoms with Crippen LogP contribution in [0.15, 0.2) is 36.4 Å². The fraction of sp³-hybridized carbons (Fsp3) is 0.450. The Morgan fingerprint density at radius 3 is 2.62 bits per heavy atom. The summed E-state index contributed by atoms with van der Waals surface area (Å²) >= 11 is 0. The van der Waals surface area contributed by atoms with E-state index in [0.29, 0.717) is 5.41 Å². The van der Waals surface area contributed by atoms with Gasteiger partial charge in [-0.05, 0) is 47.6 Å². The summed E-state index contributed by atoms with van der Waals surface area (Å²) in [5.41, 5.74) is 7.26. The molecule has 0 saturated heterocycles. The smallest absolute Gasteiger partial charge is 0.0737 e. The summed E-state index contributed by atoms with van der Waals surface area (Å²) in [6.07, 6.45) is 3.60. The largest absolute Gasteiger partial charge is 0.252 e. The molecule has 5 rings (SSSR count). The molecule has 1 heteroatoms. The van der Waals surface area contributed by atoms with Gasteiger partial charge in [0, 0.05) is 11.3 Å². The average Bonchev–Trinajstić information content (AvgIpc) is 2.53. The van der Waals surface area contributed by atoms with Gasteiger partial charge in [-0.2, -0.15) is 0 Å². The van der Waals surface area contributed by atoms with Crippen molar-refractivity contribution in [3.63, 3.8) is 0 Å². The second-order valence-corrected chi connectivity index (χ2v) is 7.26. The van der Waals surface area contributed by atoms with E-state index in [1.54, 1.807) is 5.56 Å². The Bertz CT molecular complexity index is 684. The van der Waals surface area contributed by atoms with Gasteiger partial charge in [-0.3, -0.25) is 4.98 Å². The fourth-order valence-electron chi connectivity index (χ4n) is 4.31. The van der Waals surface area contributed by atoms with Crippen molar-refractivity contribution >= 4 is 0 Å². The minimum atomic E-state index is 0.480. The van der Waals surface area contributed by atoms with Gasteiger partial charge in [-0.1, -0.05) is 57.2 Å². The van der Waals surface area contributed by atoms with Crippen molar-refractivity contribution in [2.45, 2.75) is 46.0 Å². The normalized spacial score (nSPS) is 25.1. The molecular formula is C20H23N. The third-order valence-electron chi connectivity index (χ3n) is 5.93. The molecule has 0 radical (unpaired) electrons. The molecule has 0 N–H and O–H groups in total. The first-order valence-corrected chi connectivity index (χ1v) is 8.19. The molecule has 1 saturated carbocycles. The standard InChI is InChI=1S/C20H23N/c1-4-13-10-16-17-11-15(20(17,2)3)12-18(16)21-19(13)14-8-6-5-7-9-14/h5-10,15,17H,4,11-12H2,1-3H3. The van der Waals surface area contributed by atoms with Crippen molar-refractivity contribution in [2.24, 2.45) is 11.3 Å². The van der Waals surface area contributed by atoms with E-state index in [2.05, 4.69) is 57.2 Å². The Labute approximate surface area is 127 Å². The summed E-state index contributed by atoms with van der Waals surface area (Å²) in [6, 6.07) is 13.1. The maximum atomic E-state index is 5.10. The number of aromatic nitrogens is 1. The van der Waals surface area contributed by atoms with Crippen molar-refractivity contribution in [2.75, 3.05) is 0 Å². The molecular weight excluding hydrogens is 254 g/mol. The number of pyridine rings is 1. The van der Waals surface area contributed by atoms with Crippen LogP contribution in [-0.2, 0) is 12.8 Å². The van der Waals surface area contributed by atoms with Crippen LogP contribution >= 0.6 is 0 Å². The van der Waals surface area contributed by atoms with Crippen molar-refractivity contribution in [3.05, 3.63) is 53.2 Å². The highest BCUT2D eigenvalue weighted by Crippen LogP contribution is 2.62. The van der Waals surface area contributed by atoms with Gasteiger partial charge in [0.25, 0.3) is 0 Å². The van der Waals surface area contributed by atoms with Crippen LogP contribution in [0, 0.1) is 11.3 Å². The van der Waals surface area contributed by atoms with Crippen molar-refractivity contribution in [1.29, 1.82) is 0 Å². The number of nitrogens with zero attached hydrogens (tertiary/aromatic N) is 1. The van der Waals surface area contributed by atoms with Crippen LogP contribution in [-0.4, -0.2) is 4.98 Å². The Morgan fingerprint density at radius 1 is 1.19 bits per heavy atom. The Morgan fingerprint density at radius 2 is 1.95 bits per heavy atom. The number of rotatable bonds is 2. The van der Waals surface area contributed by atoms with Gasteiger partial charge in [0.1, 0.15) is 0 Å². The third kappa shape index (κ3) is 1.79. The molecule has 3 aliphatic carbocycles. The molecule has 108 valence electrons. The van der Waals surface area contributed by atoms with Crippen molar-refractivity contribution in [1.82, 2.24) is 4.98 Å². The molecule has 1 aromatic carbocycles. The maximum absolute atomic E-state index is 5.10. The second kappa shape index (κ2) is 4.43. The molecule has 2 unspecified atom stereocenters. The Hall–Kier alpha value is -1.63. The molecule has 0 aliphatic heterocycles. The first-order chi connectivity index (χ1) is 10.1. The van der Waals surface area contributed by atoms with Gasteiger partial charge in [-0.25, -0.2) is 0 Å². The van der Waals surface area contributed by atoms with Crippen molar-refractivity contribution < 1.29 is 0 Å². The zero-order valence-electron chi connectivity index (χ0n) is 13.2. The Kier molecular flexibility index (Phi) is 2.76. The highest BCUT2D eigenvalue weighted by molar-refractivity contribution is 5.64. The molecule has 1 aromatic heterocycles. The van der Waals surface area contributed by atoms with E-state index in [0.717, 1.165) is 18.3 Å². The van der Waals surface area contributed by atoms with Crippen LogP contribution in [0.4, 0.5) is 0 Å². The van der Waals surface area contributed by atoms with E-state index in [1.807, 2.05) is 0 Å². The third-order valence-corrected chi connectivity index (χ3v) is 5.93. The van der Waals surface area contributed by atoms with Crippen LogP contribution in [0.25, 0.3) is 11.3 Å². The molecule has 0 amide bonds. The summed E-state index contributed by atoms with van der Waals surface area (Å²) in [7, 11) is 0. The SMILES string of the molecule is CCc1cc2c(nc1-c1ccccc1)CC1CC2C1(C)C. The van der Waals surface area contributed by atoms with Gasteiger partial charge in [0.15, 0.2) is 0 Å². The van der Waals surface area contributed by atoms with Gasteiger partial charge in [-0.15, -0.1) is 0 Å². The van der Waals surface area contributed by atoms with Crippen LogP contribution < -0.4 is 0 Å². The molecule has 0 spiro atoms. The molecule has 2 bridgehead atoms. The van der Waals surface area contributed by atoms with Gasteiger partial charge < -0.3 is 0 Å². The fourth-order valence-corrected chi connectivity index (χ4v) is 4.31. The number of hydrogen-bond acceptors (Lipinski definition) is 1. The maximum Gasteiger partial charge on any atom is 0.0737 e. The van der Waals surface area contributed by atoms with E-state index >= 15 is 0 Å². The van der Waals surface area contributed by atoms with E-state index in [1.165, 1.54) is 35.4 Å². The van der Waals surface area contributed by atoms with Crippen LogP contribution in [0.5, 0.6) is 0 Å². The van der Waals surface area contributed by atoms with Crippen molar-refractivity contribution in [3.8, 4) is 11.3 Å². The lowest BCUT2D eigenvalue weighted by Crippen LogP contribution is -2.48. The molecule has 21 heavy (non-hydrogen) atoms. The van der Waals surface area contributed by atoms with E-state index in [-0.39, 0.29) is 0 Å². The van der Waals surface area contributed by atoms with E-state index in [4.69, 9.17) is 4.98 Å². The van der Waals surface area contributed by atoms with Crippen LogP contribution in [0.2, 0.25) is 0 Å². The molecule has 1 nitrogen and oxygen atoms in total. The van der Waals surface area contributed by atoms with E-state index in [9.17, 15) is 0 Å². The van der Waals surface area contributed by atoms with Gasteiger partial charge in [0.2, 0.25) is 0 Å². The lowest BCUT2D eigenvalue weighted by molar-refractivity contribution is 0.0169. The van der Waals surface area contributed by atoms with Crippen LogP contribution in [0.3, 0.4) is 0 Å². The first-order valence-electron chi connectivity index (χ1n) is 8.19. The average molecular weight is 277 g/mol. The van der Waals surface area contributed by atoms with E-state index < -0.39 is 0 Å². The van der Waals surface area contributed by atoms with Crippen LogP contribution in [0.1, 0.15) is 49.9 Å². The highest BCUT2D eigenvalue weighted by atomic mass is 14.8. The minimum absolute atomic E-state index is 0.480. The number of aryl methyl sites for hydroxylation is 1. The predicted octanol–water partition coefficient (Wildman–Crippen LogP) is 5.00. The highest BCUT2D eigenvalue weighted by Gasteiger charge is 2.52. The molecule has 3 aliphatic rings. The zero-order chi connectivity index (χ0) is 14.6. The Balaban J connectivity index is 1.86. The summed E-state index contributed by atoms with van der Waals surface area (Å²) in [5, 5.41) is 0. The second-order valence-electron chi connectivity index (χ2n) is 7.26. The summed E-state index contributed by atoms with van der Waals surface area (Å²) < 4.78 is 0. The summed E-state index contributed by atoms with van der Waals surface area (Å²) in [4.78, 5) is 5.10. The zero-order valence-corrected chi connectivity index (χ0v) is 13.2. The minimum Gasteiger partial charge on any atom is -0.252 e. The first kappa shape index (κ1) is 13.1. The van der Waals surface area contributed by atoms with Gasteiger partial charge >= 0.3 is 0 Å². The van der Waals surface area contributed by atoms with Gasteiger partial charge in [0.05, 0.1) is 5.69 Å². The number of benzene rings is 1. The molecule has 2 aromatic rings. The lowest BCUT2D eigenvalue weighted by Gasteiger charge is -2.56. The number of hydrogen-bond donors (Lipinski definition) is 0. The summed E-state index contributed by atoms with van der Waals surface area (Å²) in [6.45, 7) is 7.12. The molecule has 2 atom stereocenters. The lowest BCUT2D eigenvalue weighted by atomic mass is 9.48. The quantitative estimate of drug-likeness (QED) is 0.753.